The van der Waals surface area contributed by atoms with E-state index in [1.165, 1.54) is 0 Å². The molecule has 0 N–H and O–H groups in total. The molecule has 0 amide bonds. The molecular weight excluding hydrogens is 300 g/mol. The fourth-order valence-electron chi connectivity index (χ4n) is 2.38. The van der Waals surface area contributed by atoms with Crippen LogP contribution >= 0.6 is 11.6 Å². The number of hydrogen-bond acceptors (Lipinski definition) is 4. The minimum Gasteiger partial charge on any atom is -0.182 e. The van der Waals surface area contributed by atoms with Gasteiger partial charge in [0, 0.05) is 0 Å². The minimum absolute atomic E-state index is 0.191. The molecule has 0 aliphatic carbocycles. The predicted octanol–water partition coefficient (Wildman–Crippen LogP) is 2.48. The van der Waals surface area contributed by atoms with E-state index in [2.05, 4.69) is 20.4 Å². The van der Waals surface area contributed by atoms with Crippen LogP contribution in [0, 0.1) is 0 Å². The van der Waals surface area contributed by atoms with E-state index in [0.717, 1.165) is 22.1 Å². The van der Waals surface area contributed by atoms with Crippen LogP contribution in [0.25, 0.3) is 22.1 Å². The molecule has 110 valence electrons. The molecule has 0 spiro atoms. The summed E-state index contributed by atoms with van der Waals surface area (Å²) in [7, 11) is 0. The van der Waals surface area contributed by atoms with Gasteiger partial charge in [0.2, 0.25) is 0 Å². The number of nitrogens with zero attached hydrogens (tertiary/aromatic N) is 6. The number of halogens is 1. The zero-order chi connectivity index (χ0) is 14.9. The molecule has 4 aromatic rings. The van der Waals surface area contributed by atoms with E-state index in [1.807, 2.05) is 48.5 Å². The lowest BCUT2D eigenvalue weighted by molar-refractivity contribution is 0.450. The molecule has 2 aromatic heterocycles. The van der Waals surface area contributed by atoms with E-state index in [1.54, 1.807) is 9.59 Å². The average Bonchev–Trinajstić information content (AvgIpc) is 3.08. The summed E-state index contributed by atoms with van der Waals surface area (Å²) in [6.07, 6.45) is 0. The van der Waals surface area contributed by atoms with Crippen LogP contribution in [0.5, 0.6) is 0 Å². The number of alkyl halides is 1. The molecule has 0 aliphatic heterocycles. The van der Waals surface area contributed by atoms with Gasteiger partial charge in [0.1, 0.15) is 22.1 Å². The fourth-order valence-corrected chi connectivity index (χ4v) is 2.63. The van der Waals surface area contributed by atoms with Crippen molar-refractivity contribution < 1.29 is 0 Å². The Morgan fingerprint density at radius 3 is 1.32 bits per heavy atom. The molecule has 0 radical (unpaired) electrons. The molecule has 2 aromatic carbocycles. The number of rotatable bonds is 4. The Labute approximate surface area is 131 Å². The van der Waals surface area contributed by atoms with Crippen molar-refractivity contribution in [2.24, 2.45) is 0 Å². The summed E-state index contributed by atoms with van der Waals surface area (Å²) in [5, 5.41) is 17.4. The molecule has 0 fully saturated rings. The van der Waals surface area contributed by atoms with E-state index in [-0.39, 0.29) is 5.38 Å². The molecule has 2 heterocycles. The summed E-state index contributed by atoms with van der Waals surface area (Å²) in [6, 6.07) is 15.5. The van der Waals surface area contributed by atoms with Crippen molar-refractivity contribution in [3.8, 4) is 0 Å². The van der Waals surface area contributed by atoms with Crippen LogP contribution in [0.2, 0.25) is 0 Å². The maximum atomic E-state index is 6.40. The Hall–Kier alpha value is -2.47. The Kier molecular flexibility index (Phi) is 3.23. The Morgan fingerprint density at radius 2 is 1.00 bits per heavy atom. The molecule has 0 unspecified atom stereocenters. The summed E-state index contributed by atoms with van der Waals surface area (Å²) in [5.41, 5.74) is 3.48. The summed E-state index contributed by atoms with van der Waals surface area (Å²) < 4.78 is 0. The number of hydrogen-bond donors (Lipinski definition) is 0. The van der Waals surface area contributed by atoms with E-state index in [9.17, 15) is 0 Å². The monoisotopic (exact) mass is 312 g/mol. The van der Waals surface area contributed by atoms with E-state index < -0.39 is 0 Å². The minimum atomic E-state index is -0.191. The standard InChI is InChI=1S/C15H13ClN6/c16-11(9-21-17-12-5-1-2-6-13(12)18-21)10-22-19-14-7-3-4-8-15(14)20-22/h1-8,11H,9-10H2. The molecule has 0 saturated heterocycles. The highest BCUT2D eigenvalue weighted by atomic mass is 35.5. The molecular formula is C15H13ClN6. The van der Waals surface area contributed by atoms with Gasteiger partial charge in [0.05, 0.1) is 18.5 Å². The maximum absolute atomic E-state index is 6.40. The van der Waals surface area contributed by atoms with Crippen molar-refractivity contribution >= 4 is 33.7 Å². The van der Waals surface area contributed by atoms with Gasteiger partial charge in [-0.25, -0.2) is 0 Å². The SMILES string of the molecule is ClC(Cn1nc2ccccc2n1)Cn1nc2ccccc2n1. The fraction of sp³-hybridized carbons (Fsp3) is 0.200. The van der Waals surface area contributed by atoms with Crippen molar-refractivity contribution in [1.82, 2.24) is 30.0 Å². The maximum Gasteiger partial charge on any atom is 0.113 e. The van der Waals surface area contributed by atoms with E-state index >= 15 is 0 Å². The van der Waals surface area contributed by atoms with E-state index in [0.29, 0.717) is 13.1 Å². The highest BCUT2D eigenvalue weighted by Gasteiger charge is 2.12. The van der Waals surface area contributed by atoms with Crippen LogP contribution in [0.1, 0.15) is 0 Å². The Balaban J connectivity index is 1.50. The van der Waals surface area contributed by atoms with Crippen molar-refractivity contribution in [1.29, 1.82) is 0 Å². The van der Waals surface area contributed by atoms with Gasteiger partial charge in [-0.15, -0.1) is 11.6 Å². The third-order valence-electron chi connectivity index (χ3n) is 3.38. The average molecular weight is 313 g/mol. The first-order chi connectivity index (χ1) is 10.8. The predicted molar refractivity (Wildman–Crippen MR) is 84.7 cm³/mol. The molecule has 0 saturated carbocycles. The van der Waals surface area contributed by atoms with Gasteiger partial charge in [-0.05, 0) is 24.3 Å². The third kappa shape index (κ3) is 2.53. The lowest BCUT2D eigenvalue weighted by Gasteiger charge is -2.07. The quantitative estimate of drug-likeness (QED) is 0.543. The van der Waals surface area contributed by atoms with Gasteiger partial charge < -0.3 is 0 Å². The number of aromatic nitrogens is 6. The van der Waals surface area contributed by atoms with Crippen LogP contribution in [-0.2, 0) is 13.1 Å². The second kappa shape index (κ2) is 5.38. The summed E-state index contributed by atoms with van der Waals surface area (Å²) >= 11 is 6.40. The Bertz CT molecular complexity index is 786. The molecule has 0 aliphatic rings. The van der Waals surface area contributed by atoms with Crippen molar-refractivity contribution in [3.05, 3.63) is 48.5 Å². The van der Waals surface area contributed by atoms with Gasteiger partial charge in [0.25, 0.3) is 0 Å². The second-order valence-corrected chi connectivity index (χ2v) is 5.70. The van der Waals surface area contributed by atoms with Gasteiger partial charge in [-0.1, -0.05) is 24.3 Å². The highest BCUT2D eigenvalue weighted by molar-refractivity contribution is 6.20. The van der Waals surface area contributed by atoms with Crippen LogP contribution < -0.4 is 0 Å². The van der Waals surface area contributed by atoms with Gasteiger partial charge in [-0.3, -0.25) is 0 Å². The zero-order valence-electron chi connectivity index (χ0n) is 11.7. The normalized spacial score (nSPS) is 11.7. The first kappa shape index (κ1) is 13.2. The largest absolute Gasteiger partial charge is 0.182 e. The number of fused-ring (bicyclic) bond motifs is 2. The smallest absolute Gasteiger partial charge is 0.113 e. The van der Waals surface area contributed by atoms with Crippen LogP contribution in [0.4, 0.5) is 0 Å². The van der Waals surface area contributed by atoms with Gasteiger partial charge in [-0.2, -0.15) is 30.0 Å². The van der Waals surface area contributed by atoms with Crippen molar-refractivity contribution in [3.63, 3.8) is 0 Å². The molecule has 7 heteroatoms. The van der Waals surface area contributed by atoms with E-state index in [4.69, 9.17) is 11.6 Å². The summed E-state index contributed by atoms with van der Waals surface area (Å²) in [6.45, 7) is 1.02. The highest BCUT2D eigenvalue weighted by Crippen LogP contribution is 2.11. The van der Waals surface area contributed by atoms with Gasteiger partial charge >= 0.3 is 0 Å². The van der Waals surface area contributed by atoms with Crippen molar-refractivity contribution in [2.45, 2.75) is 18.5 Å². The summed E-state index contributed by atoms with van der Waals surface area (Å²) in [4.78, 5) is 3.26. The van der Waals surface area contributed by atoms with Gasteiger partial charge in [0.15, 0.2) is 0 Å². The first-order valence-electron chi connectivity index (χ1n) is 7.02. The second-order valence-electron chi connectivity index (χ2n) is 5.08. The molecule has 22 heavy (non-hydrogen) atoms. The van der Waals surface area contributed by atoms with Crippen LogP contribution in [0.15, 0.2) is 48.5 Å². The molecule has 0 bridgehead atoms. The van der Waals surface area contributed by atoms with Crippen LogP contribution in [-0.4, -0.2) is 35.4 Å². The molecule has 6 nitrogen and oxygen atoms in total. The molecule has 0 atom stereocenters. The van der Waals surface area contributed by atoms with Crippen molar-refractivity contribution in [2.75, 3.05) is 0 Å². The summed E-state index contributed by atoms with van der Waals surface area (Å²) in [5.74, 6) is 0. The lowest BCUT2D eigenvalue weighted by Crippen LogP contribution is -2.20. The van der Waals surface area contributed by atoms with Crippen LogP contribution in [0.3, 0.4) is 0 Å². The topological polar surface area (TPSA) is 61.4 Å². The number of benzene rings is 2. The first-order valence-corrected chi connectivity index (χ1v) is 7.45. The molecule has 4 rings (SSSR count). The lowest BCUT2D eigenvalue weighted by atomic mass is 10.3. The zero-order valence-corrected chi connectivity index (χ0v) is 12.4. The third-order valence-corrected chi connectivity index (χ3v) is 3.65. The Morgan fingerprint density at radius 1 is 0.682 bits per heavy atom.